The first-order valence-corrected chi connectivity index (χ1v) is 10.5. The Hall–Kier alpha value is -2.71. The van der Waals surface area contributed by atoms with Gasteiger partial charge in [0.15, 0.2) is 0 Å². The molecule has 1 aromatic carbocycles. The molecule has 0 aliphatic carbocycles. The van der Waals surface area contributed by atoms with Crippen LogP contribution in [0.15, 0.2) is 36.5 Å². The van der Waals surface area contributed by atoms with E-state index in [0.29, 0.717) is 24.9 Å². The fourth-order valence-corrected chi connectivity index (χ4v) is 3.81. The Labute approximate surface area is 176 Å². The van der Waals surface area contributed by atoms with Crippen LogP contribution in [0.2, 0.25) is 0 Å². The van der Waals surface area contributed by atoms with Crippen LogP contribution in [-0.4, -0.2) is 57.9 Å². The largest absolute Gasteiger partial charge is 0.447 e. The zero-order valence-corrected chi connectivity index (χ0v) is 17.5. The fourth-order valence-electron chi connectivity index (χ4n) is 3.81. The fraction of sp³-hybridized carbons (Fsp3) is 0.500. The molecule has 8 heteroatoms. The highest BCUT2D eigenvalue weighted by molar-refractivity contribution is 5.88. The Balaban J connectivity index is 1.35. The number of anilines is 2. The van der Waals surface area contributed by atoms with Crippen molar-refractivity contribution in [1.29, 1.82) is 0 Å². The molecule has 2 saturated heterocycles. The summed E-state index contributed by atoms with van der Waals surface area (Å²) in [6.07, 6.45) is 2.91. The van der Waals surface area contributed by atoms with Crippen LogP contribution in [0.25, 0.3) is 0 Å². The third kappa shape index (κ3) is 4.88. The summed E-state index contributed by atoms with van der Waals surface area (Å²) in [7, 11) is 0. The van der Waals surface area contributed by atoms with Gasteiger partial charge in [-0.05, 0) is 43.9 Å². The molecule has 2 aliphatic rings. The Morgan fingerprint density at radius 2 is 1.93 bits per heavy atom. The van der Waals surface area contributed by atoms with Crippen LogP contribution in [0.3, 0.4) is 0 Å². The number of ether oxygens (including phenoxy) is 1. The molecule has 0 radical (unpaired) electrons. The molecule has 2 aromatic rings. The molecule has 2 aliphatic heterocycles. The van der Waals surface area contributed by atoms with Gasteiger partial charge >= 0.3 is 6.09 Å². The van der Waals surface area contributed by atoms with Crippen LogP contribution in [0, 0.1) is 0 Å². The molecule has 4 rings (SSSR count). The van der Waals surface area contributed by atoms with E-state index in [4.69, 9.17) is 4.74 Å². The molecule has 1 atom stereocenters. The molecule has 0 bridgehead atoms. The van der Waals surface area contributed by atoms with Gasteiger partial charge in [0, 0.05) is 25.8 Å². The molecule has 2 N–H and O–H groups in total. The summed E-state index contributed by atoms with van der Waals surface area (Å²) < 4.78 is 4.98. The lowest BCUT2D eigenvalue weighted by atomic mass is 9.93. The van der Waals surface area contributed by atoms with Crippen molar-refractivity contribution in [3.8, 4) is 0 Å². The van der Waals surface area contributed by atoms with Crippen LogP contribution in [0.4, 0.5) is 16.6 Å². The number of rotatable bonds is 6. The van der Waals surface area contributed by atoms with Gasteiger partial charge in [-0.1, -0.05) is 24.3 Å². The van der Waals surface area contributed by atoms with E-state index in [1.54, 1.807) is 12.3 Å². The van der Waals surface area contributed by atoms with Crippen LogP contribution in [-0.2, 0) is 11.3 Å². The lowest BCUT2D eigenvalue weighted by Gasteiger charge is -2.35. The minimum atomic E-state index is -0.518. The summed E-state index contributed by atoms with van der Waals surface area (Å²) in [5.41, 5.74) is 1.88. The Kier molecular flexibility index (Phi) is 5.87. The van der Waals surface area contributed by atoms with E-state index in [9.17, 15) is 9.90 Å². The van der Waals surface area contributed by atoms with Crippen molar-refractivity contribution in [3.63, 3.8) is 0 Å². The molecule has 1 aromatic heterocycles. The highest BCUT2D eigenvalue weighted by Crippen LogP contribution is 2.24. The van der Waals surface area contributed by atoms with Gasteiger partial charge in [-0.3, -0.25) is 9.80 Å². The van der Waals surface area contributed by atoms with Crippen molar-refractivity contribution >= 4 is 17.9 Å². The summed E-state index contributed by atoms with van der Waals surface area (Å²) in [6.45, 7) is 7.60. The third-order valence-corrected chi connectivity index (χ3v) is 5.84. The number of amides is 1. The van der Waals surface area contributed by atoms with Gasteiger partial charge < -0.3 is 15.2 Å². The number of likely N-dealkylation sites (tertiary alicyclic amines) is 1. The predicted molar refractivity (Wildman–Crippen MR) is 114 cm³/mol. The molecule has 2 fully saturated rings. The summed E-state index contributed by atoms with van der Waals surface area (Å²) >= 11 is 0. The van der Waals surface area contributed by atoms with Gasteiger partial charge in [-0.25, -0.2) is 9.78 Å². The number of aromatic nitrogens is 2. The van der Waals surface area contributed by atoms with E-state index in [1.165, 1.54) is 10.5 Å². The highest BCUT2D eigenvalue weighted by Gasteiger charge is 2.27. The lowest BCUT2D eigenvalue weighted by Crippen LogP contribution is -2.41. The minimum Gasteiger partial charge on any atom is -0.447 e. The van der Waals surface area contributed by atoms with Gasteiger partial charge in [-0.2, -0.15) is 4.98 Å². The second kappa shape index (κ2) is 8.57. The van der Waals surface area contributed by atoms with E-state index in [-0.39, 0.29) is 12.1 Å². The topological polar surface area (TPSA) is 90.8 Å². The molecule has 160 valence electrons. The van der Waals surface area contributed by atoms with Crippen molar-refractivity contribution in [3.05, 3.63) is 47.7 Å². The van der Waals surface area contributed by atoms with E-state index in [1.807, 2.05) is 6.92 Å². The smallest absolute Gasteiger partial charge is 0.415 e. The molecular weight excluding hydrogens is 382 g/mol. The number of nitrogens with one attached hydrogen (secondary N) is 1. The van der Waals surface area contributed by atoms with Crippen molar-refractivity contribution in [2.24, 2.45) is 0 Å². The SMILES string of the molecule is CC(Nc1nccc(N2CCOC2=O)n1)c1ccc(CN2CCC(C)(O)CC2)cc1. The van der Waals surface area contributed by atoms with Crippen molar-refractivity contribution in [2.75, 3.05) is 36.5 Å². The quantitative estimate of drug-likeness (QED) is 0.755. The Bertz CT molecular complexity index is 877. The van der Waals surface area contributed by atoms with Crippen molar-refractivity contribution < 1.29 is 14.6 Å². The summed E-state index contributed by atoms with van der Waals surface area (Å²) in [6, 6.07) is 10.3. The predicted octanol–water partition coefficient (Wildman–Crippen LogP) is 2.95. The van der Waals surface area contributed by atoms with Crippen LogP contribution >= 0.6 is 0 Å². The number of carbonyl (C=O) groups excluding carboxylic acids is 1. The first kappa shape index (κ1) is 20.6. The molecular formula is C22H29N5O3. The molecule has 0 spiro atoms. The van der Waals surface area contributed by atoms with Gasteiger partial charge in [0.25, 0.3) is 0 Å². The molecule has 1 amide bonds. The van der Waals surface area contributed by atoms with Crippen LogP contribution in [0.1, 0.15) is 43.9 Å². The number of hydrogen-bond donors (Lipinski definition) is 2. The molecule has 0 saturated carbocycles. The first-order valence-electron chi connectivity index (χ1n) is 10.5. The number of hydrogen-bond acceptors (Lipinski definition) is 7. The van der Waals surface area contributed by atoms with Crippen LogP contribution < -0.4 is 10.2 Å². The average Bonchev–Trinajstić information content (AvgIpc) is 3.16. The Morgan fingerprint density at radius 1 is 1.20 bits per heavy atom. The van der Waals surface area contributed by atoms with Gasteiger partial charge in [0.1, 0.15) is 12.4 Å². The maximum absolute atomic E-state index is 11.7. The third-order valence-electron chi connectivity index (χ3n) is 5.84. The maximum Gasteiger partial charge on any atom is 0.415 e. The van der Waals surface area contributed by atoms with E-state index in [0.717, 1.165) is 38.0 Å². The van der Waals surface area contributed by atoms with E-state index in [2.05, 4.69) is 51.4 Å². The molecule has 1 unspecified atom stereocenters. The van der Waals surface area contributed by atoms with Crippen LogP contribution in [0.5, 0.6) is 0 Å². The standard InChI is InChI=1S/C22H29N5O3/c1-16(24-20-23-10-7-19(25-20)27-13-14-30-21(27)28)18-5-3-17(4-6-18)15-26-11-8-22(2,29)9-12-26/h3-7,10,16,29H,8-9,11-15H2,1-2H3,(H,23,24,25). The average molecular weight is 412 g/mol. The second-order valence-corrected chi connectivity index (χ2v) is 8.39. The van der Waals surface area contributed by atoms with Gasteiger partial charge in [0.2, 0.25) is 5.95 Å². The number of piperidine rings is 1. The summed E-state index contributed by atoms with van der Waals surface area (Å²) in [4.78, 5) is 24.4. The first-order chi connectivity index (χ1) is 14.4. The monoisotopic (exact) mass is 411 g/mol. The molecule has 30 heavy (non-hydrogen) atoms. The van der Waals surface area contributed by atoms with Gasteiger partial charge in [-0.15, -0.1) is 0 Å². The highest BCUT2D eigenvalue weighted by atomic mass is 16.6. The number of aliphatic hydroxyl groups is 1. The normalized spacial score (nSPS) is 20.1. The maximum atomic E-state index is 11.7. The summed E-state index contributed by atoms with van der Waals surface area (Å²) in [5, 5.41) is 13.4. The van der Waals surface area contributed by atoms with Crippen molar-refractivity contribution in [1.82, 2.24) is 14.9 Å². The Morgan fingerprint density at radius 3 is 2.60 bits per heavy atom. The minimum absolute atomic E-state index is 0.0184. The summed E-state index contributed by atoms with van der Waals surface area (Å²) in [5.74, 6) is 1.02. The molecule has 8 nitrogen and oxygen atoms in total. The lowest BCUT2D eigenvalue weighted by molar-refractivity contribution is -0.00730. The number of nitrogens with zero attached hydrogens (tertiary/aromatic N) is 4. The van der Waals surface area contributed by atoms with E-state index >= 15 is 0 Å². The number of benzene rings is 1. The second-order valence-electron chi connectivity index (χ2n) is 8.39. The number of cyclic esters (lactones) is 1. The zero-order valence-electron chi connectivity index (χ0n) is 17.5. The zero-order chi connectivity index (χ0) is 21.1. The van der Waals surface area contributed by atoms with E-state index < -0.39 is 5.60 Å². The van der Waals surface area contributed by atoms with Crippen molar-refractivity contribution in [2.45, 2.75) is 44.9 Å². The molecule has 3 heterocycles. The number of carbonyl (C=O) groups is 1. The van der Waals surface area contributed by atoms with Gasteiger partial charge in [0.05, 0.1) is 18.2 Å².